The summed E-state index contributed by atoms with van der Waals surface area (Å²) in [7, 11) is 0. The van der Waals surface area contributed by atoms with Crippen LogP contribution in [-0.2, 0) is 18.8 Å². The fourth-order valence-corrected chi connectivity index (χ4v) is 2.05. The topological polar surface area (TPSA) is 54.0 Å². The maximum Gasteiger partial charge on any atom is 0.416 e. The fraction of sp³-hybridized carbons (Fsp3) is 0.250. The highest BCUT2D eigenvalue weighted by molar-refractivity contribution is 5.89. The van der Waals surface area contributed by atoms with E-state index in [1.54, 1.807) is 24.4 Å². The van der Waals surface area contributed by atoms with Crippen LogP contribution in [0.4, 0.5) is 36.8 Å². The van der Waals surface area contributed by atoms with Crippen LogP contribution in [-0.4, -0.2) is 17.6 Å². The maximum atomic E-state index is 12.8. The average Bonchev–Trinajstić information content (AvgIpc) is 2.54. The summed E-state index contributed by atoms with van der Waals surface area (Å²) in [6.07, 6.45) is -8.05. The molecule has 1 aromatic carbocycles. The number of aromatic nitrogens is 1. The highest BCUT2D eigenvalue weighted by Gasteiger charge is 2.37. The standard InChI is InChI=1S/C16H13F6N3O/c17-15(18,19)10-7-11(16(20,21)22)9-13(8-10)25-14(26)24-6-4-12-3-1-2-5-23-12/h1-3,5,7-9H,4,6H2,(H2,24,25,26). The molecule has 0 aliphatic rings. The zero-order chi connectivity index (χ0) is 19.4. The van der Waals surface area contributed by atoms with Crippen LogP contribution < -0.4 is 10.6 Å². The Hall–Kier alpha value is -2.78. The number of hydrogen-bond donors (Lipinski definition) is 2. The Morgan fingerprint density at radius 2 is 1.58 bits per heavy atom. The molecular formula is C16H13F6N3O. The van der Waals surface area contributed by atoms with Crippen molar-refractivity contribution < 1.29 is 31.1 Å². The lowest BCUT2D eigenvalue weighted by atomic mass is 10.1. The van der Waals surface area contributed by atoms with Crippen molar-refractivity contribution >= 4 is 11.7 Å². The second-order valence-corrected chi connectivity index (χ2v) is 5.25. The lowest BCUT2D eigenvalue weighted by molar-refractivity contribution is -0.143. The second-order valence-electron chi connectivity index (χ2n) is 5.25. The summed E-state index contributed by atoms with van der Waals surface area (Å²) in [5.41, 5.74) is -2.94. The molecule has 0 spiro atoms. The number of nitrogens with zero attached hydrogens (tertiary/aromatic N) is 1. The van der Waals surface area contributed by atoms with Crippen LogP contribution in [0.2, 0.25) is 0 Å². The van der Waals surface area contributed by atoms with Crippen molar-refractivity contribution in [2.45, 2.75) is 18.8 Å². The molecule has 2 N–H and O–H groups in total. The van der Waals surface area contributed by atoms with Crippen LogP contribution in [0, 0.1) is 0 Å². The molecule has 0 saturated carbocycles. The van der Waals surface area contributed by atoms with Crippen molar-refractivity contribution in [3.05, 3.63) is 59.4 Å². The third-order valence-corrected chi connectivity index (χ3v) is 3.24. The summed E-state index contributed by atoms with van der Waals surface area (Å²) in [6.45, 7) is 0.105. The number of alkyl halides is 6. The number of halogens is 6. The Kier molecular flexibility index (Phi) is 5.73. The fourth-order valence-electron chi connectivity index (χ4n) is 2.05. The normalized spacial score (nSPS) is 11.9. The van der Waals surface area contributed by atoms with Crippen molar-refractivity contribution in [3.63, 3.8) is 0 Å². The van der Waals surface area contributed by atoms with E-state index in [2.05, 4.69) is 10.3 Å². The zero-order valence-electron chi connectivity index (χ0n) is 13.1. The maximum absolute atomic E-state index is 12.8. The minimum Gasteiger partial charge on any atom is -0.337 e. The van der Waals surface area contributed by atoms with E-state index in [9.17, 15) is 31.1 Å². The van der Waals surface area contributed by atoms with Gasteiger partial charge in [0.15, 0.2) is 0 Å². The molecule has 0 saturated heterocycles. The highest BCUT2D eigenvalue weighted by atomic mass is 19.4. The minimum absolute atomic E-state index is 0.00976. The molecule has 140 valence electrons. The number of hydrogen-bond acceptors (Lipinski definition) is 2. The van der Waals surface area contributed by atoms with Crippen LogP contribution in [0.3, 0.4) is 0 Å². The van der Waals surface area contributed by atoms with Gasteiger partial charge in [0.25, 0.3) is 0 Å². The number of carbonyl (C=O) groups is 1. The molecular weight excluding hydrogens is 364 g/mol. The zero-order valence-corrected chi connectivity index (χ0v) is 13.1. The van der Waals surface area contributed by atoms with E-state index in [-0.39, 0.29) is 12.6 Å². The first-order chi connectivity index (χ1) is 12.1. The Bertz CT molecular complexity index is 727. The number of benzene rings is 1. The summed E-state index contributed by atoms with van der Waals surface area (Å²) in [5, 5.41) is 4.33. The molecule has 2 aromatic rings. The van der Waals surface area contributed by atoms with Crippen molar-refractivity contribution in [2.24, 2.45) is 0 Å². The van der Waals surface area contributed by atoms with E-state index in [4.69, 9.17) is 0 Å². The third-order valence-electron chi connectivity index (χ3n) is 3.24. The second kappa shape index (κ2) is 7.63. The number of urea groups is 1. The number of pyridine rings is 1. The average molecular weight is 377 g/mol. The van der Waals surface area contributed by atoms with Crippen LogP contribution in [0.5, 0.6) is 0 Å². The van der Waals surface area contributed by atoms with Gasteiger partial charge < -0.3 is 10.6 Å². The summed E-state index contributed by atoms with van der Waals surface area (Å²) in [5.74, 6) is 0. The van der Waals surface area contributed by atoms with Gasteiger partial charge in [-0.2, -0.15) is 26.3 Å². The van der Waals surface area contributed by atoms with Gasteiger partial charge >= 0.3 is 18.4 Å². The van der Waals surface area contributed by atoms with Crippen LogP contribution in [0.1, 0.15) is 16.8 Å². The van der Waals surface area contributed by atoms with Crippen molar-refractivity contribution in [1.29, 1.82) is 0 Å². The Balaban J connectivity index is 2.06. The number of carbonyl (C=O) groups excluding carboxylic acids is 1. The molecule has 2 rings (SSSR count). The van der Waals surface area contributed by atoms with E-state index in [1.165, 1.54) is 0 Å². The van der Waals surface area contributed by atoms with Gasteiger partial charge in [-0.3, -0.25) is 4.98 Å². The molecule has 0 radical (unpaired) electrons. The van der Waals surface area contributed by atoms with Crippen LogP contribution in [0.15, 0.2) is 42.6 Å². The molecule has 1 heterocycles. The predicted octanol–water partition coefficient (Wildman–Crippen LogP) is 4.48. The molecule has 26 heavy (non-hydrogen) atoms. The van der Waals surface area contributed by atoms with Crippen molar-refractivity contribution in [2.75, 3.05) is 11.9 Å². The van der Waals surface area contributed by atoms with Gasteiger partial charge in [0.1, 0.15) is 0 Å². The molecule has 0 bridgehead atoms. The van der Waals surface area contributed by atoms with E-state index < -0.39 is 35.2 Å². The predicted molar refractivity (Wildman–Crippen MR) is 81.4 cm³/mol. The molecule has 0 atom stereocenters. The first kappa shape index (κ1) is 19.5. The van der Waals surface area contributed by atoms with E-state index in [0.717, 1.165) is 0 Å². The largest absolute Gasteiger partial charge is 0.416 e. The quantitative estimate of drug-likeness (QED) is 0.772. The molecule has 0 fully saturated rings. The van der Waals surface area contributed by atoms with Gasteiger partial charge in [0, 0.05) is 30.5 Å². The smallest absolute Gasteiger partial charge is 0.337 e. The molecule has 0 aliphatic carbocycles. The monoisotopic (exact) mass is 377 g/mol. The summed E-state index contributed by atoms with van der Waals surface area (Å²) in [4.78, 5) is 15.7. The highest BCUT2D eigenvalue weighted by Crippen LogP contribution is 2.37. The molecule has 1 aromatic heterocycles. The molecule has 0 unspecified atom stereocenters. The number of rotatable bonds is 4. The summed E-state index contributed by atoms with van der Waals surface area (Å²) < 4.78 is 76.6. The molecule has 0 aliphatic heterocycles. The lowest BCUT2D eigenvalue weighted by Crippen LogP contribution is -2.30. The molecule has 10 heteroatoms. The Morgan fingerprint density at radius 1 is 0.962 bits per heavy atom. The molecule has 2 amide bonds. The van der Waals surface area contributed by atoms with E-state index >= 15 is 0 Å². The van der Waals surface area contributed by atoms with Gasteiger partial charge in [0.2, 0.25) is 0 Å². The first-order valence-electron chi connectivity index (χ1n) is 7.30. The lowest BCUT2D eigenvalue weighted by Gasteiger charge is -2.15. The number of nitrogens with one attached hydrogen (secondary N) is 2. The summed E-state index contributed by atoms with van der Waals surface area (Å²) >= 11 is 0. The van der Waals surface area contributed by atoms with Crippen LogP contribution in [0.25, 0.3) is 0 Å². The first-order valence-corrected chi connectivity index (χ1v) is 7.30. The van der Waals surface area contributed by atoms with Crippen molar-refractivity contribution in [1.82, 2.24) is 10.3 Å². The molecule has 4 nitrogen and oxygen atoms in total. The van der Waals surface area contributed by atoms with Crippen molar-refractivity contribution in [3.8, 4) is 0 Å². The third kappa shape index (κ3) is 5.64. The minimum atomic E-state index is -4.98. The van der Waals surface area contributed by atoms with E-state index in [0.29, 0.717) is 24.2 Å². The SMILES string of the molecule is O=C(NCCc1ccccn1)Nc1cc(C(F)(F)F)cc(C(F)(F)F)c1. The van der Waals surface area contributed by atoms with Gasteiger partial charge in [-0.25, -0.2) is 4.79 Å². The number of anilines is 1. The van der Waals surface area contributed by atoms with Gasteiger partial charge in [-0.15, -0.1) is 0 Å². The van der Waals surface area contributed by atoms with Crippen LogP contribution >= 0.6 is 0 Å². The summed E-state index contributed by atoms with van der Waals surface area (Å²) in [6, 6.07) is 5.10. The number of amides is 2. The van der Waals surface area contributed by atoms with Gasteiger partial charge in [-0.1, -0.05) is 6.07 Å². The van der Waals surface area contributed by atoms with E-state index in [1.807, 2.05) is 5.32 Å². The Morgan fingerprint density at radius 3 is 2.08 bits per heavy atom. The van der Waals surface area contributed by atoms with Gasteiger partial charge in [0.05, 0.1) is 11.1 Å². The Labute approximate surface area is 144 Å². The van der Waals surface area contributed by atoms with Gasteiger partial charge in [-0.05, 0) is 30.3 Å².